The molecule has 2 heterocycles. The summed E-state index contributed by atoms with van der Waals surface area (Å²) in [6, 6.07) is 11.2. The monoisotopic (exact) mass is 286 g/mol. The number of thiophene rings is 1. The molecular weight excluding hydrogens is 268 g/mol. The maximum atomic E-state index is 4.10. The molecule has 2 aromatic heterocycles. The molecule has 5 heteroatoms. The molecule has 0 aliphatic heterocycles. The molecular formula is C15H18N4S. The summed E-state index contributed by atoms with van der Waals surface area (Å²) in [5.41, 5.74) is 0. The van der Waals surface area contributed by atoms with Crippen molar-refractivity contribution < 1.29 is 0 Å². The number of aryl methyl sites for hydroxylation is 1. The average Bonchev–Trinajstić information content (AvgIpc) is 3.05. The third-order valence-corrected chi connectivity index (χ3v) is 4.77. The van der Waals surface area contributed by atoms with Crippen molar-refractivity contribution >= 4 is 21.4 Å². The first-order chi connectivity index (χ1) is 9.74. The van der Waals surface area contributed by atoms with Gasteiger partial charge in [-0.1, -0.05) is 18.2 Å². The number of hydrogen-bond donors (Lipinski definition) is 1. The topological polar surface area (TPSA) is 42.7 Å². The van der Waals surface area contributed by atoms with E-state index < -0.39 is 0 Å². The second kappa shape index (κ2) is 5.73. The van der Waals surface area contributed by atoms with Crippen LogP contribution >= 0.6 is 11.3 Å². The van der Waals surface area contributed by atoms with E-state index in [9.17, 15) is 0 Å². The van der Waals surface area contributed by atoms with E-state index in [1.807, 2.05) is 23.0 Å². The summed E-state index contributed by atoms with van der Waals surface area (Å²) in [4.78, 5) is 1.38. The Morgan fingerprint density at radius 3 is 2.95 bits per heavy atom. The minimum atomic E-state index is 0.362. The van der Waals surface area contributed by atoms with Crippen LogP contribution in [0.4, 0.5) is 0 Å². The lowest BCUT2D eigenvalue weighted by molar-refractivity contribution is 0.571. The van der Waals surface area contributed by atoms with Crippen LogP contribution in [0.1, 0.15) is 23.7 Å². The van der Waals surface area contributed by atoms with Crippen molar-refractivity contribution in [3.05, 3.63) is 47.4 Å². The lowest BCUT2D eigenvalue weighted by atomic mass is 10.2. The van der Waals surface area contributed by atoms with Crippen molar-refractivity contribution in [1.82, 2.24) is 20.1 Å². The Morgan fingerprint density at radius 2 is 2.20 bits per heavy atom. The number of hydrogen-bond acceptors (Lipinski definition) is 4. The van der Waals surface area contributed by atoms with Crippen LogP contribution in [-0.2, 0) is 13.5 Å². The van der Waals surface area contributed by atoms with Crippen LogP contribution < -0.4 is 5.32 Å². The second-order valence-corrected chi connectivity index (χ2v) is 6.09. The van der Waals surface area contributed by atoms with Gasteiger partial charge in [0.2, 0.25) is 0 Å². The molecule has 0 spiro atoms. The molecule has 0 fully saturated rings. The summed E-state index contributed by atoms with van der Waals surface area (Å²) in [6.07, 6.45) is 2.64. The summed E-state index contributed by atoms with van der Waals surface area (Å²) in [6.45, 7) is 3.11. The van der Waals surface area contributed by atoms with Gasteiger partial charge in [-0.2, -0.15) is 0 Å². The van der Waals surface area contributed by atoms with Crippen molar-refractivity contribution in [2.24, 2.45) is 7.05 Å². The zero-order chi connectivity index (χ0) is 13.9. The van der Waals surface area contributed by atoms with Crippen LogP contribution in [0.3, 0.4) is 0 Å². The van der Waals surface area contributed by atoms with E-state index in [2.05, 4.69) is 52.8 Å². The predicted molar refractivity (Wildman–Crippen MR) is 82.9 cm³/mol. The quantitative estimate of drug-likeness (QED) is 0.784. The highest BCUT2D eigenvalue weighted by atomic mass is 32.1. The highest BCUT2D eigenvalue weighted by Gasteiger charge is 2.09. The molecule has 3 aromatic rings. The van der Waals surface area contributed by atoms with E-state index in [1.54, 1.807) is 6.33 Å². The number of rotatable bonds is 5. The van der Waals surface area contributed by atoms with Gasteiger partial charge in [-0.05, 0) is 24.4 Å². The largest absolute Gasteiger partial charge is 0.321 e. The molecule has 3 rings (SSSR count). The van der Waals surface area contributed by atoms with Crippen molar-refractivity contribution in [3.63, 3.8) is 0 Å². The van der Waals surface area contributed by atoms with Gasteiger partial charge in [0.15, 0.2) is 0 Å². The summed E-state index contributed by atoms with van der Waals surface area (Å²) < 4.78 is 3.32. The molecule has 0 aliphatic rings. The van der Waals surface area contributed by atoms with Crippen LogP contribution in [0.25, 0.3) is 10.1 Å². The molecule has 0 bridgehead atoms. The van der Waals surface area contributed by atoms with Gasteiger partial charge in [0, 0.05) is 35.6 Å². The molecule has 1 aromatic carbocycles. The average molecular weight is 286 g/mol. The lowest BCUT2D eigenvalue weighted by Crippen LogP contribution is -2.21. The first-order valence-electron chi connectivity index (χ1n) is 6.79. The Labute approximate surface area is 122 Å². The van der Waals surface area contributed by atoms with E-state index in [1.165, 1.54) is 15.0 Å². The van der Waals surface area contributed by atoms with Gasteiger partial charge in [0.25, 0.3) is 0 Å². The van der Waals surface area contributed by atoms with Gasteiger partial charge in [-0.3, -0.25) is 0 Å². The number of benzene rings is 1. The Morgan fingerprint density at radius 1 is 1.35 bits per heavy atom. The third-order valence-electron chi connectivity index (χ3n) is 3.48. The molecule has 0 aliphatic carbocycles. The summed E-state index contributed by atoms with van der Waals surface area (Å²) in [5, 5.41) is 12.9. The molecule has 0 saturated heterocycles. The summed E-state index contributed by atoms with van der Waals surface area (Å²) in [7, 11) is 1.98. The first-order valence-corrected chi connectivity index (χ1v) is 7.60. The van der Waals surface area contributed by atoms with E-state index in [-0.39, 0.29) is 0 Å². The van der Waals surface area contributed by atoms with Crippen molar-refractivity contribution in [2.75, 3.05) is 6.54 Å². The zero-order valence-electron chi connectivity index (χ0n) is 11.7. The van der Waals surface area contributed by atoms with Crippen molar-refractivity contribution in [1.29, 1.82) is 0 Å². The number of nitrogens with zero attached hydrogens (tertiary/aromatic N) is 3. The van der Waals surface area contributed by atoms with Crippen molar-refractivity contribution in [3.8, 4) is 0 Å². The van der Waals surface area contributed by atoms with E-state index in [0.29, 0.717) is 6.04 Å². The minimum absolute atomic E-state index is 0.362. The smallest absolute Gasteiger partial charge is 0.133 e. The molecule has 0 radical (unpaired) electrons. The summed E-state index contributed by atoms with van der Waals surface area (Å²) in [5.74, 6) is 1.01. The van der Waals surface area contributed by atoms with Gasteiger partial charge in [0.1, 0.15) is 12.2 Å². The van der Waals surface area contributed by atoms with Crippen LogP contribution in [0.5, 0.6) is 0 Å². The molecule has 20 heavy (non-hydrogen) atoms. The predicted octanol–water partition coefficient (Wildman–Crippen LogP) is 2.92. The number of fused-ring (bicyclic) bond motifs is 1. The molecule has 1 atom stereocenters. The minimum Gasteiger partial charge on any atom is -0.321 e. The maximum absolute atomic E-state index is 4.10. The zero-order valence-corrected chi connectivity index (χ0v) is 12.5. The first kappa shape index (κ1) is 13.3. The highest BCUT2D eigenvalue weighted by Crippen LogP contribution is 2.29. The fourth-order valence-corrected chi connectivity index (χ4v) is 3.34. The molecule has 104 valence electrons. The SMILES string of the molecule is CC(NCCc1nncn1C)c1cc2ccccc2s1. The maximum Gasteiger partial charge on any atom is 0.133 e. The van der Waals surface area contributed by atoms with Crippen LogP contribution in [0.15, 0.2) is 36.7 Å². The lowest BCUT2D eigenvalue weighted by Gasteiger charge is -2.11. The van der Waals surface area contributed by atoms with Gasteiger partial charge < -0.3 is 9.88 Å². The third kappa shape index (κ3) is 2.73. The molecule has 1 N–H and O–H groups in total. The van der Waals surface area contributed by atoms with Crippen LogP contribution in [0, 0.1) is 0 Å². The molecule has 0 amide bonds. The second-order valence-electron chi connectivity index (χ2n) is 4.97. The van der Waals surface area contributed by atoms with E-state index >= 15 is 0 Å². The Hall–Kier alpha value is -1.72. The Kier molecular flexibility index (Phi) is 3.80. The standard InChI is InChI=1S/C15H18N4S/c1-11(16-8-7-15-18-17-10-19(15)2)14-9-12-5-3-4-6-13(12)20-14/h3-6,9-11,16H,7-8H2,1-2H3. The highest BCUT2D eigenvalue weighted by molar-refractivity contribution is 7.19. The van der Waals surface area contributed by atoms with Gasteiger partial charge >= 0.3 is 0 Å². The molecule has 0 saturated carbocycles. The normalized spacial score (nSPS) is 12.9. The number of aromatic nitrogens is 3. The fourth-order valence-electron chi connectivity index (χ4n) is 2.25. The van der Waals surface area contributed by atoms with Crippen LogP contribution in [-0.4, -0.2) is 21.3 Å². The fraction of sp³-hybridized carbons (Fsp3) is 0.333. The number of nitrogens with one attached hydrogen (secondary N) is 1. The van der Waals surface area contributed by atoms with Crippen molar-refractivity contribution in [2.45, 2.75) is 19.4 Å². The van der Waals surface area contributed by atoms with Crippen LogP contribution in [0.2, 0.25) is 0 Å². The van der Waals surface area contributed by atoms with Gasteiger partial charge in [-0.15, -0.1) is 21.5 Å². The van der Waals surface area contributed by atoms with Gasteiger partial charge in [-0.25, -0.2) is 0 Å². The molecule has 4 nitrogen and oxygen atoms in total. The Balaban J connectivity index is 1.61. The molecule has 1 unspecified atom stereocenters. The van der Waals surface area contributed by atoms with Gasteiger partial charge in [0.05, 0.1) is 0 Å². The Bertz CT molecular complexity index is 668. The van der Waals surface area contributed by atoms with E-state index in [0.717, 1.165) is 18.8 Å². The van der Waals surface area contributed by atoms with E-state index in [4.69, 9.17) is 0 Å². The summed E-state index contributed by atoms with van der Waals surface area (Å²) >= 11 is 1.86.